The van der Waals surface area contributed by atoms with Crippen LogP contribution in [0.3, 0.4) is 0 Å². The van der Waals surface area contributed by atoms with Gasteiger partial charge in [-0.05, 0) is 96.1 Å². The Labute approximate surface area is 266 Å². The first kappa shape index (κ1) is 24.4. The molecule has 0 bridgehead atoms. The zero-order chi connectivity index (χ0) is 30.0. The number of hydrogen-bond donors (Lipinski definition) is 0. The largest absolute Gasteiger partial charge is 0.455 e. The molecule has 11 rings (SSSR count). The fourth-order valence-electron chi connectivity index (χ4n) is 8.87. The molecule has 1 heterocycles. The number of hydrogen-bond acceptors (Lipinski definition) is 1. The molecular weight excluding hydrogens is 556 g/mol. The Bertz CT molecular complexity index is 2710. The van der Waals surface area contributed by atoms with Crippen LogP contribution in [0.15, 0.2) is 162 Å². The van der Waals surface area contributed by atoms with E-state index in [1.165, 1.54) is 71.8 Å². The third-order valence-electron chi connectivity index (χ3n) is 10.6. The van der Waals surface area contributed by atoms with Gasteiger partial charge in [-0.2, -0.15) is 0 Å². The second kappa shape index (κ2) is 8.62. The van der Waals surface area contributed by atoms with Crippen molar-refractivity contribution >= 4 is 43.5 Å². The second-order valence-electron chi connectivity index (χ2n) is 12.8. The fourth-order valence-corrected chi connectivity index (χ4v) is 8.87. The Hall–Kier alpha value is -5.92. The third-order valence-corrected chi connectivity index (χ3v) is 10.6. The van der Waals surface area contributed by atoms with Gasteiger partial charge in [0.1, 0.15) is 11.2 Å². The van der Waals surface area contributed by atoms with Crippen LogP contribution >= 0.6 is 0 Å². The lowest BCUT2D eigenvalue weighted by Crippen LogP contribution is -2.26. The Morgan fingerprint density at radius 1 is 0.391 bits per heavy atom. The van der Waals surface area contributed by atoms with Gasteiger partial charge in [-0.25, -0.2) is 0 Å². The summed E-state index contributed by atoms with van der Waals surface area (Å²) in [7, 11) is 0. The predicted octanol–water partition coefficient (Wildman–Crippen LogP) is 11.9. The second-order valence-corrected chi connectivity index (χ2v) is 12.8. The average molecular weight is 583 g/mol. The van der Waals surface area contributed by atoms with Gasteiger partial charge in [0.2, 0.25) is 0 Å². The first-order valence-electron chi connectivity index (χ1n) is 16.0. The highest BCUT2D eigenvalue weighted by Gasteiger charge is 2.52. The summed E-state index contributed by atoms with van der Waals surface area (Å²) in [5.41, 5.74) is 14.7. The van der Waals surface area contributed by atoms with E-state index in [0.29, 0.717) is 0 Å². The van der Waals surface area contributed by atoms with Crippen molar-refractivity contribution in [2.45, 2.75) is 5.41 Å². The summed E-state index contributed by atoms with van der Waals surface area (Å²) in [6, 6.07) is 58.3. The van der Waals surface area contributed by atoms with Crippen LogP contribution in [-0.4, -0.2) is 0 Å². The molecule has 9 aromatic rings. The van der Waals surface area contributed by atoms with Gasteiger partial charge in [0.25, 0.3) is 0 Å². The first-order chi connectivity index (χ1) is 22.8. The summed E-state index contributed by atoms with van der Waals surface area (Å²) in [4.78, 5) is 0. The first-order valence-corrected chi connectivity index (χ1v) is 16.0. The van der Waals surface area contributed by atoms with E-state index in [2.05, 4.69) is 158 Å². The predicted molar refractivity (Wildman–Crippen MR) is 190 cm³/mol. The molecule has 0 N–H and O–H groups in total. The van der Waals surface area contributed by atoms with E-state index < -0.39 is 5.41 Å². The van der Waals surface area contributed by atoms with Crippen molar-refractivity contribution < 1.29 is 4.42 Å². The van der Waals surface area contributed by atoms with Crippen molar-refractivity contribution in [1.29, 1.82) is 0 Å². The highest BCUT2D eigenvalue weighted by molar-refractivity contribution is 6.16. The standard InChI is InChI=1S/C45H26O/c1-4-14-31-27(11-1)21-23-34-37-26-29(22-24-41(37)46-44(31)34)36-25-28-12-2-3-13-30(28)43-42(36)35-17-7-10-20-40(35)45(43)38-18-8-5-15-32(38)33-16-6-9-19-39(33)45/h1-26H. The summed E-state index contributed by atoms with van der Waals surface area (Å²) in [5.74, 6) is 0. The molecule has 1 spiro atoms. The maximum atomic E-state index is 6.53. The van der Waals surface area contributed by atoms with Crippen LogP contribution in [0.4, 0.5) is 0 Å². The topological polar surface area (TPSA) is 13.1 Å². The molecule has 2 aliphatic carbocycles. The molecule has 0 amide bonds. The smallest absolute Gasteiger partial charge is 0.143 e. The lowest BCUT2D eigenvalue weighted by Gasteiger charge is -2.31. The van der Waals surface area contributed by atoms with Crippen molar-refractivity contribution in [3.05, 3.63) is 180 Å². The molecule has 2 aliphatic rings. The highest BCUT2D eigenvalue weighted by atomic mass is 16.3. The van der Waals surface area contributed by atoms with E-state index in [4.69, 9.17) is 4.42 Å². The maximum Gasteiger partial charge on any atom is 0.143 e. The summed E-state index contributed by atoms with van der Waals surface area (Å²) in [6.45, 7) is 0. The van der Waals surface area contributed by atoms with Gasteiger partial charge in [0, 0.05) is 16.2 Å². The molecule has 8 aromatic carbocycles. The van der Waals surface area contributed by atoms with Gasteiger partial charge in [-0.3, -0.25) is 0 Å². The number of furan rings is 1. The molecule has 0 saturated heterocycles. The zero-order valence-electron chi connectivity index (χ0n) is 24.9. The number of rotatable bonds is 1. The van der Waals surface area contributed by atoms with E-state index in [1.807, 2.05) is 0 Å². The third kappa shape index (κ3) is 2.87. The molecule has 0 fully saturated rings. The molecule has 0 atom stereocenters. The Balaban J connectivity index is 1.29. The van der Waals surface area contributed by atoms with Gasteiger partial charge < -0.3 is 4.42 Å². The van der Waals surface area contributed by atoms with E-state index in [9.17, 15) is 0 Å². The minimum atomic E-state index is -0.403. The lowest BCUT2D eigenvalue weighted by molar-refractivity contribution is 0.672. The summed E-state index contributed by atoms with van der Waals surface area (Å²) >= 11 is 0. The molecule has 0 saturated carbocycles. The Kier molecular flexibility index (Phi) is 4.57. The minimum Gasteiger partial charge on any atom is -0.455 e. The van der Waals surface area contributed by atoms with Crippen molar-refractivity contribution in [3.63, 3.8) is 0 Å². The molecule has 0 radical (unpaired) electrons. The molecule has 1 heteroatoms. The highest BCUT2D eigenvalue weighted by Crippen LogP contribution is 2.65. The van der Waals surface area contributed by atoms with Crippen molar-refractivity contribution in [3.8, 4) is 33.4 Å². The Morgan fingerprint density at radius 3 is 1.76 bits per heavy atom. The molecule has 46 heavy (non-hydrogen) atoms. The molecule has 0 aliphatic heterocycles. The van der Waals surface area contributed by atoms with Crippen LogP contribution in [0.1, 0.15) is 22.3 Å². The number of benzene rings is 8. The zero-order valence-corrected chi connectivity index (χ0v) is 24.9. The molecule has 212 valence electrons. The van der Waals surface area contributed by atoms with Gasteiger partial charge in [0.15, 0.2) is 0 Å². The minimum absolute atomic E-state index is 0.403. The van der Waals surface area contributed by atoms with E-state index in [-0.39, 0.29) is 0 Å². The maximum absolute atomic E-state index is 6.53. The van der Waals surface area contributed by atoms with E-state index >= 15 is 0 Å². The summed E-state index contributed by atoms with van der Waals surface area (Å²) < 4.78 is 6.53. The van der Waals surface area contributed by atoms with Crippen LogP contribution in [0.25, 0.3) is 76.9 Å². The van der Waals surface area contributed by atoms with Crippen molar-refractivity contribution in [1.82, 2.24) is 0 Å². The van der Waals surface area contributed by atoms with Crippen LogP contribution in [0, 0.1) is 0 Å². The number of fused-ring (bicyclic) bond motifs is 17. The average Bonchev–Trinajstić information content (AvgIpc) is 3.75. The van der Waals surface area contributed by atoms with E-state index in [1.54, 1.807) is 0 Å². The van der Waals surface area contributed by atoms with Gasteiger partial charge in [-0.15, -0.1) is 0 Å². The summed E-state index contributed by atoms with van der Waals surface area (Å²) in [6.07, 6.45) is 0. The fraction of sp³-hybridized carbons (Fsp3) is 0.0222. The monoisotopic (exact) mass is 582 g/mol. The lowest BCUT2D eigenvalue weighted by atomic mass is 9.69. The van der Waals surface area contributed by atoms with Crippen LogP contribution in [-0.2, 0) is 5.41 Å². The van der Waals surface area contributed by atoms with Crippen molar-refractivity contribution in [2.75, 3.05) is 0 Å². The summed E-state index contributed by atoms with van der Waals surface area (Å²) in [5, 5.41) is 7.22. The van der Waals surface area contributed by atoms with Crippen LogP contribution < -0.4 is 0 Å². The molecule has 1 aromatic heterocycles. The molecule has 0 unspecified atom stereocenters. The SMILES string of the molecule is c1ccc2c(c1)-c1ccccc1C21c2ccccc2-c2c(-c3ccc4oc5c6ccccc6ccc5c4c3)cc3ccccc3c21. The Morgan fingerprint density at radius 2 is 1.00 bits per heavy atom. The van der Waals surface area contributed by atoms with Gasteiger partial charge >= 0.3 is 0 Å². The molecular formula is C45H26O. The van der Waals surface area contributed by atoms with Crippen LogP contribution in [0.5, 0.6) is 0 Å². The van der Waals surface area contributed by atoms with Crippen LogP contribution in [0.2, 0.25) is 0 Å². The van der Waals surface area contributed by atoms with E-state index in [0.717, 1.165) is 27.3 Å². The molecule has 1 nitrogen and oxygen atoms in total. The van der Waals surface area contributed by atoms with Crippen molar-refractivity contribution in [2.24, 2.45) is 0 Å². The van der Waals surface area contributed by atoms with Gasteiger partial charge in [-0.1, -0.05) is 133 Å². The van der Waals surface area contributed by atoms with Gasteiger partial charge in [0.05, 0.1) is 5.41 Å². The quantitative estimate of drug-likeness (QED) is 0.188. The normalized spacial score (nSPS) is 13.8.